The molecule has 0 aliphatic heterocycles. The van der Waals surface area contributed by atoms with Crippen LogP contribution >= 0.6 is 12.2 Å². The second-order valence-electron chi connectivity index (χ2n) is 4.11. The van der Waals surface area contributed by atoms with E-state index < -0.39 is 0 Å². The number of thiocarbonyl (C=S) groups is 1. The molecule has 0 aliphatic carbocycles. The van der Waals surface area contributed by atoms with Gasteiger partial charge in [0, 0.05) is 38.4 Å². The van der Waals surface area contributed by atoms with E-state index in [0.717, 1.165) is 5.69 Å². The largest absolute Gasteiger partial charge is 0.393 e. The molecule has 1 rings (SSSR count). The molecule has 98 valence electrons. The van der Waals surface area contributed by atoms with Crippen LogP contribution in [0.15, 0.2) is 18.3 Å². The summed E-state index contributed by atoms with van der Waals surface area (Å²) in [5.74, 6) is -0.202. The Morgan fingerprint density at radius 1 is 1.67 bits per heavy atom. The average molecular weight is 266 g/mol. The Bertz CT molecular complexity index is 449. The van der Waals surface area contributed by atoms with Crippen molar-refractivity contribution in [3.05, 3.63) is 24.0 Å². The molecule has 1 atom stereocenters. The van der Waals surface area contributed by atoms with Crippen molar-refractivity contribution in [3.63, 3.8) is 0 Å². The van der Waals surface area contributed by atoms with E-state index in [4.69, 9.17) is 18.0 Å². The van der Waals surface area contributed by atoms with Crippen molar-refractivity contribution >= 4 is 28.8 Å². The SMILES string of the molecule is CNC(=O)c1cc(N(C)C(C)CC(N)=S)ccn1. The number of anilines is 1. The van der Waals surface area contributed by atoms with Gasteiger partial charge in [0.1, 0.15) is 5.69 Å². The molecule has 0 aromatic carbocycles. The first-order chi connectivity index (χ1) is 8.45. The van der Waals surface area contributed by atoms with Crippen molar-refractivity contribution in [3.8, 4) is 0 Å². The summed E-state index contributed by atoms with van der Waals surface area (Å²) in [6, 6.07) is 3.76. The number of hydrogen-bond donors (Lipinski definition) is 2. The lowest BCUT2D eigenvalue weighted by atomic mass is 10.2. The first-order valence-corrected chi connectivity index (χ1v) is 6.05. The third-order valence-electron chi connectivity index (χ3n) is 2.77. The van der Waals surface area contributed by atoms with Crippen molar-refractivity contribution in [2.45, 2.75) is 19.4 Å². The van der Waals surface area contributed by atoms with Crippen LogP contribution in [0.3, 0.4) is 0 Å². The van der Waals surface area contributed by atoms with E-state index in [1.54, 1.807) is 19.3 Å². The fourth-order valence-electron chi connectivity index (χ4n) is 1.57. The molecule has 1 heterocycles. The molecule has 3 N–H and O–H groups in total. The lowest BCUT2D eigenvalue weighted by molar-refractivity contribution is 0.0958. The van der Waals surface area contributed by atoms with Crippen molar-refractivity contribution in [2.75, 3.05) is 19.0 Å². The average Bonchev–Trinajstić information content (AvgIpc) is 2.36. The van der Waals surface area contributed by atoms with Crippen molar-refractivity contribution in [2.24, 2.45) is 5.73 Å². The molecule has 1 aromatic heterocycles. The van der Waals surface area contributed by atoms with Gasteiger partial charge in [0.05, 0.1) is 4.99 Å². The normalized spacial score (nSPS) is 11.7. The molecule has 1 amide bonds. The Kier molecular flexibility index (Phi) is 5.03. The Morgan fingerprint density at radius 2 is 2.33 bits per heavy atom. The van der Waals surface area contributed by atoms with Crippen LogP contribution in [0, 0.1) is 0 Å². The summed E-state index contributed by atoms with van der Waals surface area (Å²) >= 11 is 4.90. The summed E-state index contributed by atoms with van der Waals surface area (Å²) < 4.78 is 0. The second-order valence-corrected chi connectivity index (χ2v) is 4.63. The monoisotopic (exact) mass is 266 g/mol. The zero-order valence-corrected chi connectivity index (χ0v) is 11.6. The van der Waals surface area contributed by atoms with Gasteiger partial charge in [-0.2, -0.15) is 0 Å². The molecule has 0 saturated heterocycles. The molecule has 1 unspecified atom stereocenters. The highest BCUT2D eigenvalue weighted by Crippen LogP contribution is 2.17. The van der Waals surface area contributed by atoms with E-state index in [-0.39, 0.29) is 11.9 Å². The van der Waals surface area contributed by atoms with E-state index in [1.165, 1.54) is 0 Å². The Morgan fingerprint density at radius 3 is 2.89 bits per heavy atom. The Balaban J connectivity index is 2.89. The summed E-state index contributed by atoms with van der Waals surface area (Å²) in [4.78, 5) is 18.0. The highest BCUT2D eigenvalue weighted by Gasteiger charge is 2.13. The zero-order valence-electron chi connectivity index (χ0n) is 10.8. The van der Waals surface area contributed by atoms with Crippen LogP contribution in [0.25, 0.3) is 0 Å². The van der Waals surface area contributed by atoms with Crippen LogP contribution in [0.2, 0.25) is 0 Å². The first kappa shape index (κ1) is 14.4. The number of nitrogens with two attached hydrogens (primary N) is 1. The summed E-state index contributed by atoms with van der Waals surface area (Å²) in [6.45, 7) is 2.03. The predicted octanol–water partition coefficient (Wildman–Crippen LogP) is 0.942. The topological polar surface area (TPSA) is 71.2 Å². The third-order valence-corrected chi connectivity index (χ3v) is 2.93. The predicted molar refractivity (Wildman–Crippen MR) is 76.9 cm³/mol. The van der Waals surface area contributed by atoms with Crippen LogP contribution in [-0.2, 0) is 0 Å². The number of pyridine rings is 1. The molecular formula is C12H18N4OS. The van der Waals surface area contributed by atoms with Crippen LogP contribution in [0.1, 0.15) is 23.8 Å². The van der Waals surface area contributed by atoms with Crippen LogP contribution in [-0.4, -0.2) is 36.0 Å². The molecule has 5 nitrogen and oxygen atoms in total. The number of nitrogens with zero attached hydrogens (tertiary/aromatic N) is 2. The van der Waals surface area contributed by atoms with E-state index in [0.29, 0.717) is 17.1 Å². The molecule has 0 bridgehead atoms. The number of amides is 1. The van der Waals surface area contributed by atoms with Gasteiger partial charge in [-0.05, 0) is 19.1 Å². The molecule has 18 heavy (non-hydrogen) atoms. The fourth-order valence-corrected chi connectivity index (χ4v) is 1.81. The Hall–Kier alpha value is -1.69. The standard InChI is InChI=1S/C12H18N4OS/c1-8(6-11(13)18)16(3)9-4-5-15-10(7-9)12(17)14-2/h4-5,7-8H,6H2,1-3H3,(H2,13,18)(H,14,17). The van der Waals surface area contributed by atoms with Gasteiger partial charge in [-0.25, -0.2) is 0 Å². The molecule has 6 heteroatoms. The quantitative estimate of drug-likeness (QED) is 0.776. The zero-order chi connectivity index (χ0) is 13.7. The van der Waals surface area contributed by atoms with E-state index in [1.807, 2.05) is 24.9 Å². The van der Waals surface area contributed by atoms with Crippen LogP contribution < -0.4 is 16.0 Å². The highest BCUT2D eigenvalue weighted by atomic mass is 32.1. The number of hydrogen-bond acceptors (Lipinski definition) is 4. The number of carbonyl (C=O) groups is 1. The molecule has 0 radical (unpaired) electrons. The van der Waals surface area contributed by atoms with Crippen molar-refractivity contribution < 1.29 is 4.79 Å². The molecular weight excluding hydrogens is 248 g/mol. The lowest BCUT2D eigenvalue weighted by Gasteiger charge is -2.26. The Labute approximate surface area is 112 Å². The minimum atomic E-state index is -0.202. The highest BCUT2D eigenvalue weighted by molar-refractivity contribution is 7.80. The van der Waals surface area contributed by atoms with E-state index in [9.17, 15) is 4.79 Å². The van der Waals surface area contributed by atoms with Crippen LogP contribution in [0.4, 0.5) is 5.69 Å². The molecule has 0 aliphatic rings. The minimum Gasteiger partial charge on any atom is -0.393 e. The maximum Gasteiger partial charge on any atom is 0.269 e. The van der Waals surface area contributed by atoms with Gasteiger partial charge >= 0.3 is 0 Å². The molecule has 0 saturated carbocycles. The van der Waals surface area contributed by atoms with Gasteiger partial charge in [-0.3, -0.25) is 9.78 Å². The van der Waals surface area contributed by atoms with Gasteiger partial charge < -0.3 is 16.0 Å². The summed E-state index contributed by atoms with van der Waals surface area (Å²) in [5, 5.41) is 2.55. The minimum absolute atomic E-state index is 0.169. The summed E-state index contributed by atoms with van der Waals surface area (Å²) in [6.07, 6.45) is 2.24. The number of nitrogens with one attached hydrogen (secondary N) is 1. The molecule has 0 fully saturated rings. The number of rotatable bonds is 5. The van der Waals surface area contributed by atoms with Gasteiger partial charge in [0.15, 0.2) is 0 Å². The van der Waals surface area contributed by atoms with Gasteiger partial charge in [0.2, 0.25) is 0 Å². The summed E-state index contributed by atoms with van der Waals surface area (Å²) in [7, 11) is 3.52. The number of carbonyl (C=O) groups excluding carboxylic acids is 1. The van der Waals surface area contributed by atoms with E-state index in [2.05, 4.69) is 10.3 Å². The third kappa shape index (κ3) is 3.66. The molecule has 1 aromatic rings. The van der Waals surface area contributed by atoms with E-state index >= 15 is 0 Å². The number of aromatic nitrogens is 1. The van der Waals surface area contributed by atoms with Gasteiger partial charge in [0.25, 0.3) is 5.91 Å². The van der Waals surface area contributed by atoms with Gasteiger partial charge in [-0.1, -0.05) is 12.2 Å². The second kappa shape index (κ2) is 6.30. The van der Waals surface area contributed by atoms with Crippen LogP contribution in [0.5, 0.6) is 0 Å². The van der Waals surface area contributed by atoms with Crippen molar-refractivity contribution in [1.82, 2.24) is 10.3 Å². The maximum absolute atomic E-state index is 11.5. The first-order valence-electron chi connectivity index (χ1n) is 5.65. The fraction of sp³-hybridized carbons (Fsp3) is 0.417. The smallest absolute Gasteiger partial charge is 0.269 e. The lowest BCUT2D eigenvalue weighted by Crippen LogP contribution is -2.32. The maximum atomic E-state index is 11.5. The summed E-state index contributed by atoms with van der Waals surface area (Å²) in [5.41, 5.74) is 6.84. The van der Waals surface area contributed by atoms with Gasteiger partial charge in [-0.15, -0.1) is 0 Å². The van der Waals surface area contributed by atoms with Crippen molar-refractivity contribution in [1.29, 1.82) is 0 Å². The molecule has 0 spiro atoms.